The fourth-order valence-corrected chi connectivity index (χ4v) is 3.66. The van der Waals surface area contributed by atoms with E-state index in [1.807, 2.05) is 31.2 Å². The lowest BCUT2D eigenvalue weighted by Gasteiger charge is -2.27. The lowest BCUT2D eigenvalue weighted by atomic mass is 10.0. The molecule has 3 rings (SSSR count). The Kier molecular flexibility index (Phi) is 5.90. The van der Waals surface area contributed by atoms with Crippen LogP contribution in [0, 0.1) is 0 Å². The highest BCUT2D eigenvalue weighted by molar-refractivity contribution is 7.88. The Morgan fingerprint density at radius 3 is 2.32 bits per heavy atom. The molecule has 0 saturated carbocycles. The average Bonchev–Trinajstić information content (AvgIpc) is 2.67. The Hall–Kier alpha value is -2.58. The van der Waals surface area contributed by atoms with Crippen molar-refractivity contribution in [2.75, 3.05) is 26.5 Å². The second-order valence-electron chi connectivity index (χ2n) is 6.73. The summed E-state index contributed by atoms with van der Waals surface area (Å²) in [5, 5.41) is 2.91. The summed E-state index contributed by atoms with van der Waals surface area (Å²) in [5.74, 6) is 0.909. The number of ether oxygens (including phenoxy) is 2. The van der Waals surface area contributed by atoms with E-state index in [9.17, 15) is 13.2 Å². The monoisotopic (exact) mass is 404 g/mol. The van der Waals surface area contributed by atoms with Crippen molar-refractivity contribution in [2.45, 2.75) is 19.0 Å². The third kappa shape index (κ3) is 4.45. The molecule has 0 fully saturated rings. The number of carbonyl (C=O) groups is 1. The van der Waals surface area contributed by atoms with Gasteiger partial charge in [-0.1, -0.05) is 36.4 Å². The maximum atomic E-state index is 13.0. The molecule has 8 heteroatoms. The Bertz CT molecular complexity index is 946. The van der Waals surface area contributed by atoms with Crippen molar-refractivity contribution in [1.29, 1.82) is 0 Å². The lowest BCUT2D eigenvalue weighted by Crippen LogP contribution is -2.42. The summed E-state index contributed by atoms with van der Waals surface area (Å²) >= 11 is 0. The molecular weight excluding hydrogens is 380 g/mol. The maximum Gasteiger partial charge on any atom is 0.243 e. The largest absolute Gasteiger partial charge is 0.486 e. The van der Waals surface area contributed by atoms with Gasteiger partial charge in [0.05, 0.1) is 12.3 Å². The summed E-state index contributed by atoms with van der Waals surface area (Å²) < 4.78 is 36.4. The number of rotatable bonds is 6. The molecule has 0 saturated heterocycles. The SMILES string of the molecule is C[C@H](NC(=O)[C@H](c1ccccc1)N(C)S(C)(=O)=O)c1ccc2c(c1)OCCO2. The number of carbonyl (C=O) groups excluding carboxylic acids is 1. The third-order valence-electron chi connectivity index (χ3n) is 4.68. The fraction of sp³-hybridized carbons (Fsp3) is 0.350. The Labute approximate surface area is 165 Å². The molecule has 2 aromatic carbocycles. The second kappa shape index (κ2) is 8.20. The van der Waals surface area contributed by atoms with E-state index in [0.717, 1.165) is 16.1 Å². The normalized spacial score (nSPS) is 15.7. The molecule has 150 valence electrons. The summed E-state index contributed by atoms with van der Waals surface area (Å²) in [4.78, 5) is 13.0. The van der Waals surface area contributed by atoms with Crippen LogP contribution in [0.25, 0.3) is 0 Å². The van der Waals surface area contributed by atoms with Gasteiger partial charge in [0, 0.05) is 7.05 Å². The molecule has 0 spiro atoms. The van der Waals surface area contributed by atoms with Crippen LogP contribution in [-0.4, -0.2) is 45.1 Å². The summed E-state index contributed by atoms with van der Waals surface area (Å²) in [6, 6.07) is 13.0. The first-order chi connectivity index (χ1) is 13.3. The van der Waals surface area contributed by atoms with Gasteiger partial charge in [-0.05, 0) is 30.2 Å². The van der Waals surface area contributed by atoms with Crippen LogP contribution >= 0.6 is 0 Å². The highest BCUT2D eigenvalue weighted by Gasteiger charge is 2.31. The first-order valence-corrected chi connectivity index (χ1v) is 10.8. The molecule has 1 N–H and O–H groups in total. The van der Waals surface area contributed by atoms with Crippen LogP contribution < -0.4 is 14.8 Å². The summed E-state index contributed by atoms with van der Waals surface area (Å²) in [6.07, 6.45) is 1.08. The van der Waals surface area contributed by atoms with E-state index in [1.54, 1.807) is 24.3 Å². The predicted octanol–water partition coefficient (Wildman–Crippen LogP) is 2.27. The van der Waals surface area contributed by atoms with E-state index in [0.29, 0.717) is 30.3 Å². The highest BCUT2D eigenvalue weighted by atomic mass is 32.2. The fourth-order valence-electron chi connectivity index (χ4n) is 3.06. The summed E-state index contributed by atoms with van der Waals surface area (Å²) in [6.45, 7) is 2.83. The lowest BCUT2D eigenvalue weighted by molar-refractivity contribution is -0.125. The number of benzene rings is 2. The van der Waals surface area contributed by atoms with Crippen LogP contribution in [0.5, 0.6) is 11.5 Å². The van der Waals surface area contributed by atoms with E-state index in [4.69, 9.17) is 9.47 Å². The van der Waals surface area contributed by atoms with Crippen LogP contribution in [0.4, 0.5) is 0 Å². The van der Waals surface area contributed by atoms with E-state index >= 15 is 0 Å². The van der Waals surface area contributed by atoms with Crippen molar-refractivity contribution in [3.63, 3.8) is 0 Å². The van der Waals surface area contributed by atoms with Crippen molar-refractivity contribution >= 4 is 15.9 Å². The maximum absolute atomic E-state index is 13.0. The number of hydrogen-bond donors (Lipinski definition) is 1. The molecule has 0 unspecified atom stereocenters. The molecule has 1 heterocycles. The van der Waals surface area contributed by atoms with Gasteiger partial charge in [-0.3, -0.25) is 4.79 Å². The van der Waals surface area contributed by atoms with Gasteiger partial charge in [0.1, 0.15) is 19.3 Å². The van der Waals surface area contributed by atoms with Crippen molar-refractivity contribution in [2.24, 2.45) is 0 Å². The first-order valence-electron chi connectivity index (χ1n) is 8.95. The number of amides is 1. The minimum absolute atomic E-state index is 0.345. The van der Waals surface area contributed by atoms with Crippen molar-refractivity contribution in [3.8, 4) is 11.5 Å². The van der Waals surface area contributed by atoms with Crippen LogP contribution in [0.15, 0.2) is 48.5 Å². The zero-order valence-electron chi connectivity index (χ0n) is 16.1. The number of nitrogens with zero attached hydrogens (tertiary/aromatic N) is 1. The summed E-state index contributed by atoms with van der Waals surface area (Å²) in [7, 11) is -2.17. The van der Waals surface area contributed by atoms with Gasteiger partial charge in [0.25, 0.3) is 0 Å². The summed E-state index contributed by atoms with van der Waals surface area (Å²) in [5.41, 5.74) is 1.44. The van der Waals surface area contributed by atoms with E-state index in [2.05, 4.69) is 5.32 Å². The smallest absolute Gasteiger partial charge is 0.243 e. The molecule has 7 nitrogen and oxygen atoms in total. The molecule has 1 aliphatic rings. The van der Waals surface area contributed by atoms with Crippen molar-refractivity contribution in [1.82, 2.24) is 9.62 Å². The van der Waals surface area contributed by atoms with Crippen LogP contribution in [0.2, 0.25) is 0 Å². The predicted molar refractivity (Wildman–Crippen MR) is 106 cm³/mol. The molecule has 2 atom stereocenters. The first kappa shape index (κ1) is 20.2. The number of hydrogen-bond acceptors (Lipinski definition) is 5. The zero-order valence-corrected chi connectivity index (χ0v) is 16.9. The molecule has 1 aliphatic heterocycles. The number of fused-ring (bicyclic) bond motifs is 1. The molecule has 0 aliphatic carbocycles. The average molecular weight is 404 g/mol. The molecule has 0 aromatic heterocycles. The van der Waals surface area contributed by atoms with Crippen molar-refractivity contribution < 1.29 is 22.7 Å². The van der Waals surface area contributed by atoms with Gasteiger partial charge in [0.2, 0.25) is 15.9 Å². The van der Waals surface area contributed by atoms with E-state index < -0.39 is 22.0 Å². The Balaban J connectivity index is 1.83. The molecule has 0 radical (unpaired) electrons. The topological polar surface area (TPSA) is 84.9 Å². The Morgan fingerprint density at radius 1 is 1.04 bits per heavy atom. The standard InChI is InChI=1S/C20H24N2O5S/c1-14(16-9-10-17-18(13-16)27-12-11-26-17)21-20(23)19(22(2)28(3,24)25)15-7-5-4-6-8-15/h4-10,13-14,19H,11-12H2,1-3H3,(H,21,23)/t14-,19-/m0/s1. The zero-order chi connectivity index (χ0) is 20.3. The van der Waals surface area contributed by atoms with Gasteiger partial charge in [-0.2, -0.15) is 4.31 Å². The number of likely N-dealkylation sites (N-methyl/N-ethyl adjacent to an activating group) is 1. The second-order valence-corrected chi connectivity index (χ2v) is 8.77. The molecular formula is C20H24N2O5S. The van der Waals surface area contributed by atoms with Gasteiger partial charge in [-0.25, -0.2) is 8.42 Å². The van der Waals surface area contributed by atoms with Crippen LogP contribution in [0.3, 0.4) is 0 Å². The third-order valence-corrected chi connectivity index (χ3v) is 5.93. The number of sulfonamides is 1. The van der Waals surface area contributed by atoms with Crippen LogP contribution in [0.1, 0.15) is 30.1 Å². The quantitative estimate of drug-likeness (QED) is 0.798. The van der Waals surface area contributed by atoms with Gasteiger partial charge >= 0.3 is 0 Å². The minimum atomic E-state index is -3.57. The van der Waals surface area contributed by atoms with E-state index in [-0.39, 0.29) is 6.04 Å². The molecule has 0 bridgehead atoms. The van der Waals surface area contributed by atoms with E-state index in [1.165, 1.54) is 7.05 Å². The van der Waals surface area contributed by atoms with Gasteiger partial charge in [-0.15, -0.1) is 0 Å². The molecule has 1 amide bonds. The number of nitrogens with one attached hydrogen (secondary N) is 1. The van der Waals surface area contributed by atoms with Crippen molar-refractivity contribution in [3.05, 3.63) is 59.7 Å². The van der Waals surface area contributed by atoms with Gasteiger partial charge < -0.3 is 14.8 Å². The molecule has 2 aromatic rings. The Morgan fingerprint density at radius 2 is 1.68 bits per heavy atom. The van der Waals surface area contributed by atoms with Gasteiger partial charge in [0.15, 0.2) is 11.5 Å². The minimum Gasteiger partial charge on any atom is -0.486 e. The highest BCUT2D eigenvalue weighted by Crippen LogP contribution is 2.33. The van der Waals surface area contributed by atoms with Crippen LogP contribution in [-0.2, 0) is 14.8 Å². The molecule has 28 heavy (non-hydrogen) atoms.